The van der Waals surface area contributed by atoms with E-state index >= 15 is 0 Å². The first-order chi connectivity index (χ1) is 15.4. The van der Waals surface area contributed by atoms with Gasteiger partial charge < -0.3 is 10.5 Å². The Bertz CT molecular complexity index is 1330. The zero-order valence-electron chi connectivity index (χ0n) is 18.1. The minimum atomic E-state index is -0.394. The lowest BCUT2D eigenvalue weighted by Gasteiger charge is -2.22. The smallest absolute Gasteiger partial charge is 0.166 e. The number of hydrogen-bond donors (Lipinski definition) is 1. The molecule has 0 fully saturated rings. The van der Waals surface area contributed by atoms with E-state index in [1.54, 1.807) is 10.9 Å². The number of nitrogen functional groups attached to an aromatic ring is 1. The summed E-state index contributed by atoms with van der Waals surface area (Å²) in [4.78, 5) is 8.84. The number of aryl methyl sites for hydroxylation is 2. The van der Waals surface area contributed by atoms with Gasteiger partial charge in [0, 0.05) is 35.9 Å². The largest absolute Gasteiger partial charge is 0.482 e. The van der Waals surface area contributed by atoms with E-state index < -0.39 is 5.82 Å². The molecule has 8 heteroatoms. The molecule has 1 aliphatic heterocycles. The minimum Gasteiger partial charge on any atom is -0.482 e. The van der Waals surface area contributed by atoms with E-state index in [2.05, 4.69) is 26.3 Å². The summed E-state index contributed by atoms with van der Waals surface area (Å²) in [5.74, 6) is 0.407. The number of benzene rings is 1. The maximum atomic E-state index is 14.3. The number of fused-ring (bicyclic) bond motifs is 7. The van der Waals surface area contributed by atoms with Gasteiger partial charge in [0.25, 0.3) is 0 Å². The van der Waals surface area contributed by atoms with Crippen LogP contribution in [0.3, 0.4) is 0 Å². The fourth-order valence-corrected chi connectivity index (χ4v) is 4.21. The van der Waals surface area contributed by atoms with Crippen molar-refractivity contribution in [2.45, 2.75) is 39.8 Å². The summed E-state index contributed by atoms with van der Waals surface area (Å²) < 4.78 is 22.4. The van der Waals surface area contributed by atoms with Gasteiger partial charge in [0.15, 0.2) is 11.6 Å². The van der Waals surface area contributed by atoms with Crippen molar-refractivity contribution in [2.75, 3.05) is 5.73 Å². The van der Waals surface area contributed by atoms with E-state index in [-0.39, 0.29) is 6.10 Å². The monoisotopic (exact) mass is 430 g/mol. The molecule has 2 N–H and O–H groups in total. The molecule has 162 valence electrons. The molecule has 1 aliphatic rings. The molecule has 0 amide bonds. The number of nitrogens with zero attached hydrogens (tertiary/aromatic N) is 5. The highest BCUT2D eigenvalue weighted by Gasteiger charge is 2.24. The fraction of sp³-hybridized carbons (Fsp3) is 0.250. The van der Waals surface area contributed by atoms with Crippen LogP contribution in [0.25, 0.3) is 22.5 Å². The third kappa shape index (κ3) is 3.37. The van der Waals surface area contributed by atoms with Gasteiger partial charge in [0.1, 0.15) is 11.9 Å². The summed E-state index contributed by atoms with van der Waals surface area (Å²) >= 11 is 0. The first-order valence-corrected chi connectivity index (χ1v) is 10.5. The van der Waals surface area contributed by atoms with Crippen LogP contribution in [0.1, 0.15) is 42.3 Å². The van der Waals surface area contributed by atoms with Crippen molar-refractivity contribution in [3.8, 4) is 28.3 Å². The molecular formula is C24H23FN6O. The molecule has 4 aromatic rings. The van der Waals surface area contributed by atoms with Crippen LogP contribution in [-0.2, 0) is 13.0 Å². The molecule has 7 nitrogen and oxygen atoms in total. The van der Waals surface area contributed by atoms with Crippen LogP contribution in [0.2, 0.25) is 0 Å². The zero-order chi connectivity index (χ0) is 22.4. The van der Waals surface area contributed by atoms with E-state index in [1.807, 2.05) is 39.0 Å². The zero-order valence-corrected chi connectivity index (χ0v) is 18.1. The Morgan fingerprint density at radius 2 is 2.03 bits per heavy atom. The summed E-state index contributed by atoms with van der Waals surface area (Å²) in [6, 6.07) is 9.47. The minimum absolute atomic E-state index is 0.310. The molecule has 0 saturated carbocycles. The van der Waals surface area contributed by atoms with Gasteiger partial charge in [-0.2, -0.15) is 0 Å². The second-order valence-corrected chi connectivity index (χ2v) is 8.00. The van der Waals surface area contributed by atoms with Gasteiger partial charge >= 0.3 is 0 Å². The lowest BCUT2D eigenvalue weighted by Crippen LogP contribution is -2.10. The Labute approximate surface area is 185 Å². The van der Waals surface area contributed by atoms with Crippen molar-refractivity contribution in [3.63, 3.8) is 0 Å². The van der Waals surface area contributed by atoms with Gasteiger partial charge in [-0.3, -0.25) is 4.98 Å². The highest BCUT2D eigenvalue weighted by Crippen LogP contribution is 2.38. The molecule has 4 heterocycles. The first-order valence-electron chi connectivity index (χ1n) is 10.5. The van der Waals surface area contributed by atoms with E-state index in [0.717, 1.165) is 33.5 Å². The predicted molar refractivity (Wildman–Crippen MR) is 120 cm³/mol. The Kier molecular flexibility index (Phi) is 4.84. The van der Waals surface area contributed by atoms with E-state index in [9.17, 15) is 4.39 Å². The lowest BCUT2D eigenvalue weighted by atomic mass is 9.93. The molecule has 2 bridgehead atoms. The van der Waals surface area contributed by atoms with E-state index in [4.69, 9.17) is 10.5 Å². The van der Waals surface area contributed by atoms with Crippen LogP contribution < -0.4 is 10.5 Å². The maximum absolute atomic E-state index is 14.3. The molecule has 1 aromatic carbocycles. The number of nitrogens with two attached hydrogens (primary N) is 1. The van der Waals surface area contributed by atoms with Crippen molar-refractivity contribution in [1.29, 1.82) is 0 Å². The average Bonchev–Trinajstić information content (AvgIpc) is 3.17. The Morgan fingerprint density at radius 3 is 2.84 bits per heavy atom. The van der Waals surface area contributed by atoms with Crippen molar-refractivity contribution in [1.82, 2.24) is 25.0 Å². The normalized spacial score (nSPS) is 14.9. The molecule has 0 spiro atoms. The number of halogens is 1. The number of pyridine rings is 2. The quantitative estimate of drug-likeness (QED) is 0.478. The van der Waals surface area contributed by atoms with Gasteiger partial charge in [0.05, 0.1) is 23.3 Å². The summed E-state index contributed by atoms with van der Waals surface area (Å²) in [5.41, 5.74) is 12.8. The summed E-state index contributed by atoms with van der Waals surface area (Å²) in [5, 5.41) is 8.71. The van der Waals surface area contributed by atoms with Crippen LogP contribution in [0.5, 0.6) is 5.75 Å². The van der Waals surface area contributed by atoms with Gasteiger partial charge in [-0.05, 0) is 38.5 Å². The van der Waals surface area contributed by atoms with Gasteiger partial charge in [-0.15, -0.1) is 5.10 Å². The molecule has 32 heavy (non-hydrogen) atoms. The highest BCUT2D eigenvalue weighted by molar-refractivity contribution is 5.71. The molecule has 5 rings (SSSR count). The average molecular weight is 430 g/mol. The summed E-state index contributed by atoms with van der Waals surface area (Å²) in [7, 11) is 0. The fourth-order valence-electron chi connectivity index (χ4n) is 4.21. The van der Waals surface area contributed by atoms with Gasteiger partial charge in [0.2, 0.25) is 0 Å². The van der Waals surface area contributed by atoms with Crippen LogP contribution in [-0.4, -0.2) is 25.0 Å². The predicted octanol–water partition coefficient (Wildman–Crippen LogP) is 4.50. The van der Waals surface area contributed by atoms with Crippen molar-refractivity contribution < 1.29 is 9.13 Å². The standard InChI is InChI=1S/C24H23FN6O/c1-4-31-23-16-10-21(24(26)28-11-16)32-14(3)19-7-13(2)5-6-18(19)22-15(8-17(25)12-27-22)9-20(23)29-30-31/h5-8,10-12,14H,4,9H2,1-3H3,(H2,26,28)/t14-/m1/s1. The first kappa shape index (κ1) is 20.1. The molecule has 0 aliphatic carbocycles. The number of aromatic nitrogens is 5. The second-order valence-electron chi connectivity index (χ2n) is 8.00. The van der Waals surface area contributed by atoms with Crippen molar-refractivity contribution in [3.05, 3.63) is 70.9 Å². The number of hydrogen-bond acceptors (Lipinski definition) is 6. The summed E-state index contributed by atoms with van der Waals surface area (Å²) in [6.07, 6.45) is 2.97. The SMILES string of the molecule is CCn1nnc2c1-c1cnc(N)c(c1)O[C@H](C)c1cc(C)ccc1-c1ncc(F)cc1C2. The number of ether oxygens (including phenoxy) is 1. The van der Waals surface area contributed by atoms with Crippen LogP contribution in [0.4, 0.5) is 10.2 Å². The molecule has 3 aromatic heterocycles. The van der Waals surface area contributed by atoms with Gasteiger partial charge in [-0.25, -0.2) is 14.1 Å². The molecule has 1 atom stereocenters. The Balaban J connectivity index is 1.83. The lowest BCUT2D eigenvalue weighted by molar-refractivity contribution is 0.228. The maximum Gasteiger partial charge on any atom is 0.166 e. The number of rotatable bonds is 1. The Morgan fingerprint density at radius 1 is 1.19 bits per heavy atom. The molecule has 0 radical (unpaired) electrons. The van der Waals surface area contributed by atoms with Crippen molar-refractivity contribution >= 4 is 5.82 Å². The number of anilines is 1. The second kappa shape index (κ2) is 7.71. The topological polar surface area (TPSA) is 91.7 Å². The third-order valence-corrected chi connectivity index (χ3v) is 5.75. The van der Waals surface area contributed by atoms with Crippen LogP contribution in [0.15, 0.2) is 42.7 Å². The highest BCUT2D eigenvalue weighted by atomic mass is 19.1. The van der Waals surface area contributed by atoms with Crippen LogP contribution in [0, 0.1) is 12.7 Å². The molecular weight excluding hydrogens is 407 g/mol. The Hall–Kier alpha value is -3.81. The molecule has 0 saturated heterocycles. The summed E-state index contributed by atoms with van der Waals surface area (Å²) in [6.45, 7) is 6.59. The molecule has 0 unspecified atom stereocenters. The van der Waals surface area contributed by atoms with E-state index in [0.29, 0.717) is 35.9 Å². The van der Waals surface area contributed by atoms with Crippen LogP contribution >= 0.6 is 0 Å². The third-order valence-electron chi connectivity index (χ3n) is 5.75. The van der Waals surface area contributed by atoms with Crippen molar-refractivity contribution in [2.24, 2.45) is 0 Å². The van der Waals surface area contributed by atoms with Gasteiger partial charge in [-0.1, -0.05) is 29.0 Å². The van der Waals surface area contributed by atoms with E-state index in [1.165, 1.54) is 12.3 Å².